The molecule has 0 N–H and O–H groups in total. The van der Waals surface area contributed by atoms with Gasteiger partial charge in [0, 0.05) is 0 Å². The summed E-state index contributed by atoms with van der Waals surface area (Å²) in [6.07, 6.45) is 0.816. The van der Waals surface area contributed by atoms with E-state index in [4.69, 9.17) is 9.68 Å². The molecule has 0 saturated carbocycles. The summed E-state index contributed by atoms with van der Waals surface area (Å²) in [6, 6.07) is 1.84. The first-order valence-corrected chi connectivity index (χ1v) is 3.14. The third kappa shape index (κ3) is 1.01. The van der Waals surface area contributed by atoms with E-state index in [0.717, 1.165) is 17.9 Å². The predicted octanol–water partition coefficient (Wildman–Crippen LogP) is 1.42. The monoisotopic (exact) mass is 136 g/mol. The number of oxazole rings is 1. The second-order valence-electron chi connectivity index (χ2n) is 1.99. The van der Waals surface area contributed by atoms with Gasteiger partial charge in [-0.15, -0.1) is 0 Å². The number of nitriles is 1. The summed E-state index contributed by atoms with van der Waals surface area (Å²) in [5.74, 6) is 0.911. The minimum absolute atomic E-state index is 0.161. The Labute approximate surface area is 59.3 Å². The van der Waals surface area contributed by atoms with Gasteiger partial charge < -0.3 is 4.42 Å². The molecular formula is C7H8N2O. The smallest absolute Gasteiger partial charge is 0.300 e. The highest BCUT2D eigenvalue weighted by molar-refractivity contribution is 5.14. The van der Waals surface area contributed by atoms with E-state index in [9.17, 15) is 0 Å². The molecule has 10 heavy (non-hydrogen) atoms. The van der Waals surface area contributed by atoms with Gasteiger partial charge in [0.25, 0.3) is 0 Å². The van der Waals surface area contributed by atoms with Crippen molar-refractivity contribution in [3.8, 4) is 6.07 Å². The van der Waals surface area contributed by atoms with Crippen molar-refractivity contribution in [3.05, 3.63) is 17.3 Å². The standard InChI is InChI=1S/C7H8N2O/c1-3-6-5(2)10-7(4-8)9-6/h3H2,1-2H3. The van der Waals surface area contributed by atoms with Crippen LogP contribution >= 0.6 is 0 Å². The fourth-order valence-electron chi connectivity index (χ4n) is 0.804. The summed E-state index contributed by atoms with van der Waals surface area (Å²) in [7, 11) is 0. The maximum absolute atomic E-state index is 8.36. The first-order chi connectivity index (χ1) is 4.77. The molecule has 3 heteroatoms. The largest absolute Gasteiger partial charge is 0.434 e. The molecule has 0 aromatic carbocycles. The summed E-state index contributed by atoms with van der Waals surface area (Å²) >= 11 is 0. The van der Waals surface area contributed by atoms with Gasteiger partial charge in [-0.3, -0.25) is 0 Å². The Morgan fingerprint density at radius 1 is 1.70 bits per heavy atom. The van der Waals surface area contributed by atoms with Crippen LogP contribution in [0.1, 0.15) is 24.3 Å². The molecule has 0 unspecified atom stereocenters. The van der Waals surface area contributed by atoms with Crippen LogP contribution in [-0.2, 0) is 6.42 Å². The van der Waals surface area contributed by atoms with Crippen LogP contribution in [0.2, 0.25) is 0 Å². The van der Waals surface area contributed by atoms with E-state index in [1.807, 2.05) is 19.9 Å². The fourth-order valence-corrected chi connectivity index (χ4v) is 0.804. The number of hydrogen-bond acceptors (Lipinski definition) is 3. The molecule has 0 spiro atoms. The normalized spacial score (nSPS) is 9.30. The molecule has 0 amide bonds. The lowest BCUT2D eigenvalue weighted by Gasteiger charge is -1.83. The maximum atomic E-state index is 8.36. The highest BCUT2D eigenvalue weighted by Gasteiger charge is 2.04. The highest BCUT2D eigenvalue weighted by Crippen LogP contribution is 2.08. The zero-order valence-electron chi connectivity index (χ0n) is 6.01. The van der Waals surface area contributed by atoms with Crippen LogP contribution in [0.4, 0.5) is 0 Å². The van der Waals surface area contributed by atoms with E-state index in [1.54, 1.807) is 0 Å². The van der Waals surface area contributed by atoms with Crippen LogP contribution in [0, 0.1) is 18.3 Å². The van der Waals surface area contributed by atoms with Crippen molar-refractivity contribution in [1.82, 2.24) is 4.98 Å². The van der Waals surface area contributed by atoms with Gasteiger partial charge >= 0.3 is 5.89 Å². The maximum Gasteiger partial charge on any atom is 0.300 e. The van der Waals surface area contributed by atoms with Crippen LogP contribution in [0.25, 0.3) is 0 Å². The molecule has 1 aromatic rings. The highest BCUT2D eigenvalue weighted by atomic mass is 16.4. The third-order valence-electron chi connectivity index (χ3n) is 1.32. The van der Waals surface area contributed by atoms with E-state index >= 15 is 0 Å². The Kier molecular flexibility index (Phi) is 1.72. The summed E-state index contributed by atoms with van der Waals surface area (Å²) in [5, 5.41) is 8.36. The van der Waals surface area contributed by atoms with E-state index in [-0.39, 0.29) is 5.89 Å². The average molecular weight is 136 g/mol. The quantitative estimate of drug-likeness (QED) is 0.586. The van der Waals surface area contributed by atoms with Crippen molar-refractivity contribution in [2.45, 2.75) is 20.3 Å². The SMILES string of the molecule is CCc1nc(C#N)oc1C. The van der Waals surface area contributed by atoms with E-state index in [2.05, 4.69) is 4.98 Å². The molecule has 0 aliphatic rings. The van der Waals surface area contributed by atoms with Gasteiger partial charge in [-0.2, -0.15) is 5.26 Å². The van der Waals surface area contributed by atoms with Crippen LogP contribution < -0.4 is 0 Å². The van der Waals surface area contributed by atoms with Crippen LogP contribution in [-0.4, -0.2) is 4.98 Å². The number of aryl methyl sites for hydroxylation is 2. The first-order valence-electron chi connectivity index (χ1n) is 3.14. The van der Waals surface area contributed by atoms with E-state index in [1.165, 1.54) is 0 Å². The Morgan fingerprint density at radius 2 is 2.40 bits per heavy atom. The lowest BCUT2D eigenvalue weighted by Crippen LogP contribution is -1.81. The predicted molar refractivity (Wildman–Crippen MR) is 35.3 cm³/mol. The van der Waals surface area contributed by atoms with Crippen LogP contribution in [0.3, 0.4) is 0 Å². The molecule has 0 saturated heterocycles. The molecule has 0 fully saturated rings. The number of hydrogen-bond donors (Lipinski definition) is 0. The van der Waals surface area contributed by atoms with Crippen LogP contribution in [0.5, 0.6) is 0 Å². The van der Waals surface area contributed by atoms with Crippen molar-refractivity contribution in [3.63, 3.8) is 0 Å². The number of aromatic nitrogens is 1. The van der Waals surface area contributed by atoms with Crippen molar-refractivity contribution in [2.24, 2.45) is 0 Å². The van der Waals surface area contributed by atoms with Crippen molar-refractivity contribution < 1.29 is 4.42 Å². The topological polar surface area (TPSA) is 49.8 Å². The zero-order valence-corrected chi connectivity index (χ0v) is 6.01. The molecule has 3 nitrogen and oxygen atoms in total. The molecule has 0 radical (unpaired) electrons. The Bertz CT molecular complexity index is 270. The second-order valence-corrected chi connectivity index (χ2v) is 1.99. The third-order valence-corrected chi connectivity index (χ3v) is 1.32. The summed E-state index contributed by atoms with van der Waals surface area (Å²) in [6.45, 7) is 3.79. The van der Waals surface area contributed by atoms with Crippen molar-refractivity contribution in [1.29, 1.82) is 5.26 Å². The van der Waals surface area contributed by atoms with Gasteiger partial charge in [0.2, 0.25) is 0 Å². The van der Waals surface area contributed by atoms with Crippen molar-refractivity contribution >= 4 is 0 Å². The summed E-state index contributed by atoms with van der Waals surface area (Å²) in [5.41, 5.74) is 0.872. The molecular weight excluding hydrogens is 128 g/mol. The van der Waals surface area contributed by atoms with Crippen molar-refractivity contribution in [2.75, 3.05) is 0 Å². The Balaban J connectivity index is 3.07. The molecule has 0 aliphatic heterocycles. The minimum atomic E-state index is 0.161. The van der Waals surface area contributed by atoms with Gasteiger partial charge in [0.15, 0.2) is 6.07 Å². The lowest BCUT2D eigenvalue weighted by atomic mass is 10.3. The minimum Gasteiger partial charge on any atom is -0.434 e. The van der Waals surface area contributed by atoms with Gasteiger partial charge in [-0.05, 0) is 13.3 Å². The summed E-state index contributed by atoms with van der Waals surface area (Å²) < 4.78 is 4.98. The van der Waals surface area contributed by atoms with Gasteiger partial charge in [0.1, 0.15) is 5.76 Å². The molecule has 1 rings (SSSR count). The number of rotatable bonds is 1. The molecule has 52 valence electrons. The molecule has 0 aliphatic carbocycles. The molecule has 0 bridgehead atoms. The van der Waals surface area contributed by atoms with Gasteiger partial charge in [-0.25, -0.2) is 4.98 Å². The van der Waals surface area contributed by atoms with Gasteiger partial charge in [-0.1, -0.05) is 6.92 Å². The summed E-state index contributed by atoms with van der Waals surface area (Å²) in [4.78, 5) is 3.92. The van der Waals surface area contributed by atoms with Crippen LogP contribution in [0.15, 0.2) is 4.42 Å². The average Bonchev–Trinajstić information content (AvgIpc) is 2.30. The molecule has 0 atom stereocenters. The van der Waals surface area contributed by atoms with E-state index in [0.29, 0.717) is 0 Å². The fraction of sp³-hybridized carbons (Fsp3) is 0.429. The number of nitrogens with zero attached hydrogens (tertiary/aromatic N) is 2. The molecule has 1 heterocycles. The first kappa shape index (κ1) is 6.81. The van der Waals surface area contributed by atoms with E-state index < -0.39 is 0 Å². The molecule has 1 aromatic heterocycles. The lowest BCUT2D eigenvalue weighted by molar-refractivity contribution is 0.511. The Morgan fingerprint density at radius 3 is 2.70 bits per heavy atom. The Hall–Kier alpha value is -1.30. The second kappa shape index (κ2) is 2.53. The van der Waals surface area contributed by atoms with Gasteiger partial charge in [0.05, 0.1) is 5.69 Å². The zero-order chi connectivity index (χ0) is 7.56.